The van der Waals surface area contributed by atoms with E-state index in [4.69, 9.17) is 5.73 Å². The van der Waals surface area contributed by atoms with Gasteiger partial charge in [-0.1, -0.05) is 26.0 Å². The van der Waals surface area contributed by atoms with Crippen LogP contribution in [0.15, 0.2) is 29.3 Å². The number of nitrogens with zero attached hydrogens (tertiary/aromatic N) is 2. The van der Waals surface area contributed by atoms with E-state index in [0.717, 1.165) is 18.7 Å². The third kappa shape index (κ3) is 6.06. The molecule has 1 unspecified atom stereocenters. The van der Waals surface area contributed by atoms with Gasteiger partial charge in [0.05, 0.1) is 6.54 Å². The zero-order valence-electron chi connectivity index (χ0n) is 13.4. The van der Waals surface area contributed by atoms with Crippen molar-refractivity contribution in [1.82, 2.24) is 4.90 Å². The molecule has 1 aromatic carbocycles. The van der Waals surface area contributed by atoms with Crippen LogP contribution in [0, 0.1) is 12.8 Å². The van der Waals surface area contributed by atoms with Crippen molar-refractivity contribution in [1.29, 1.82) is 0 Å². The van der Waals surface area contributed by atoms with Crippen LogP contribution in [0.1, 0.15) is 25.8 Å². The minimum Gasteiger partial charge on any atom is -0.370 e. The van der Waals surface area contributed by atoms with Gasteiger partial charge in [-0.05, 0) is 51.1 Å². The Bertz CT molecular complexity index is 438. The summed E-state index contributed by atoms with van der Waals surface area (Å²) >= 11 is 0. The second kappa shape index (κ2) is 7.90. The average Bonchev–Trinajstić information content (AvgIpc) is 2.33. The number of nitrogens with two attached hydrogens (primary N) is 1. The average molecular weight is 276 g/mol. The van der Waals surface area contributed by atoms with E-state index in [-0.39, 0.29) is 0 Å². The van der Waals surface area contributed by atoms with E-state index in [1.54, 1.807) is 0 Å². The first-order chi connectivity index (χ1) is 9.38. The summed E-state index contributed by atoms with van der Waals surface area (Å²) < 4.78 is 0. The minimum absolute atomic E-state index is 0.424. The molecule has 0 fully saturated rings. The first-order valence-corrected chi connectivity index (χ1v) is 7.18. The van der Waals surface area contributed by atoms with Gasteiger partial charge in [0.1, 0.15) is 0 Å². The van der Waals surface area contributed by atoms with Crippen LogP contribution in [0.4, 0.5) is 5.69 Å². The Hall–Kier alpha value is -1.55. The van der Waals surface area contributed by atoms with Gasteiger partial charge in [0.25, 0.3) is 0 Å². The quantitative estimate of drug-likeness (QED) is 0.620. The van der Waals surface area contributed by atoms with Crippen LogP contribution in [-0.2, 0) is 0 Å². The summed E-state index contributed by atoms with van der Waals surface area (Å²) in [6, 6.07) is 8.54. The van der Waals surface area contributed by atoms with Crippen LogP contribution in [0.25, 0.3) is 0 Å². The number of nitrogens with one attached hydrogen (secondary N) is 1. The van der Waals surface area contributed by atoms with Crippen molar-refractivity contribution >= 4 is 11.6 Å². The Kier molecular flexibility index (Phi) is 6.52. The highest BCUT2D eigenvalue weighted by Gasteiger charge is 2.12. The van der Waals surface area contributed by atoms with Gasteiger partial charge in [-0.2, -0.15) is 0 Å². The first kappa shape index (κ1) is 16.5. The maximum absolute atomic E-state index is 5.96. The fraction of sp³-hybridized carbons (Fsp3) is 0.562. The summed E-state index contributed by atoms with van der Waals surface area (Å²) in [5.74, 6) is 1.13. The number of hydrogen-bond acceptors (Lipinski definition) is 2. The number of likely N-dealkylation sites (N-methyl/N-ethyl adjacent to an activating group) is 1. The molecule has 0 saturated heterocycles. The molecule has 0 bridgehead atoms. The third-order valence-electron chi connectivity index (χ3n) is 3.24. The maximum atomic E-state index is 5.96. The summed E-state index contributed by atoms with van der Waals surface area (Å²) in [4.78, 5) is 6.68. The van der Waals surface area contributed by atoms with Gasteiger partial charge in [0.15, 0.2) is 5.96 Å². The molecule has 4 nitrogen and oxygen atoms in total. The SMILES string of the molecule is Cc1cccc(NC(N)=NCC(CC(C)C)N(C)C)c1. The lowest BCUT2D eigenvalue weighted by Gasteiger charge is -2.24. The van der Waals surface area contributed by atoms with Crippen molar-refractivity contribution in [2.24, 2.45) is 16.6 Å². The molecule has 0 saturated carbocycles. The number of aliphatic imine (C=N–C) groups is 1. The van der Waals surface area contributed by atoms with Gasteiger partial charge in [-0.3, -0.25) is 4.99 Å². The molecule has 20 heavy (non-hydrogen) atoms. The van der Waals surface area contributed by atoms with Crippen molar-refractivity contribution in [3.8, 4) is 0 Å². The zero-order valence-corrected chi connectivity index (χ0v) is 13.4. The predicted octanol–water partition coefficient (Wildman–Crippen LogP) is 2.70. The second-order valence-electron chi connectivity index (χ2n) is 5.97. The largest absolute Gasteiger partial charge is 0.370 e. The van der Waals surface area contributed by atoms with E-state index in [2.05, 4.69) is 62.2 Å². The standard InChI is InChI=1S/C16H28N4/c1-12(2)9-15(20(4)5)11-18-16(17)19-14-8-6-7-13(3)10-14/h6-8,10,12,15H,9,11H2,1-5H3,(H3,17,18,19). The fourth-order valence-electron chi connectivity index (χ4n) is 2.11. The fourth-order valence-corrected chi connectivity index (χ4v) is 2.11. The molecule has 1 aromatic rings. The van der Waals surface area contributed by atoms with Gasteiger partial charge in [0.2, 0.25) is 0 Å². The normalized spacial score (nSPS) is 13.8. The van der Waals surface area contributed by atoms with Gasteiger partial charge in [0, 0.05) is 11.7 Å². The number of anilines is 1. The van der Waals surface area contributed by atoms with Crippen molar-refractivity contribution in [3.63, 3.8) is 0 Å². The molecular formula is C16H28N4. The maximum Gasteiger partial charge on any atom is 0.193 e. The topological polar surface area (TPSA) is 53.6 Å². The van der Waals surface area contributed by atoms with Crippen molar-refractivity contribution in [2.45, 2.75) is 33.2 Å². The molecule has 0 aliphatic carbocycles. The van der Waals surface area contributed by atoms with Crippen LogP contribution in [0.3, 0.4) is 0 Å². The summed E-state index contributed by atoms with van der Waals surface area (Å²) in [5.41, 5.74) is 8.14. The Balaban J connectivity index is 2.59. The number of guanidine groups is 1. The zero-order chi connectivity index (χ0) is 15.1. The summed E-state index contributed by atoms with van der Waals surface area (Å²) in [6.45, 7) is 7.24. The molecule has 112 valence electrons. The Morgan fingerprint density at radius 3 is 2.60 bits per heavy atom. The van der Waals surface area contributed by atoms with Crippen LogP contribution in [0.5, 0.6) is 0 Å². The molecule has 0 aliphatic heterocycles. The molecule has 1 rings (SSSR count). The monoisotopic (exact) mass is 276 g/mol. The highest BCUT2D eigenvalue weighted by atomic mass is 15.1. The minimum atomic E-state index is 0.424. The van der Waals surface area contributed by atoms with Crippen LogP contribution in [-0.4, -0.2) is 37.5 Å². The summed E-state index contributed by atoms with van der Waals surface area (Å²) in [7, 11) is 4.18. The smallest absolute Gasteiger partial charge is 0.193 e. The molecule has 0 aromatic heterocycles. The number of aryl methyl sites for hydroxylation is 1. The molecule has 0 spiro atoms. The summed E-state index contributed by atoms with van der Waals surface area (Å²) in [6.07, 6.45) is 1.12. The van der Waals surface area contributed by atoms with Crippen molar-refractivity contribution in [3.05, 3.63) is 29.8 Å². The molecule has 0 amide bonds. The Morgan fingerprint density at radius 1 is 1.35 bits per heavy atom. The van der Waals surface area contributed by atoms with Crippen LogP contribution in [0.2, 0.25) is 0 Å². The van der Waals surface area contributed by atoms with E-state index >= 15 is 0 Å². The highest BCUT2D eigenvalue weighted by molar-refractivity contribution is 5.92. The van der Waals surface area contributed by atoms with Gasteiger partial charge >= 0.3 is 0 Å². The number of hydrogen-bond donors (Lipinski definition) is 2. The number of benzene rings is 1. The lowest BCUT2D eigenvalue weighted by Crippen LogP contribution is -2.34. The van der Waals surface area contributed by atoms with Crippen LogP contribution < -0.4 is 11.1 Å². The molecule has 4 heteroatoms. The summed E-state index contributed by atoms with van der Waals surface area (Å²) in [5, 5.41) is 3.14. The van der Waals surface area contributed by atoms with Gasteiger partial charge in [-0.25, -0.2) is 0 Å². The van der Waals surface area contributed by atoms with Gasteiger partial charge in [-0.15, -0.1) is 0 Å². The molecular weight excluding hydrogens is 248 g/mol. The third-order valence-corrected chi connectivity index (χ3v) is 3.24. The van der Waals surface area contributed by atoms with Crippen molar-refractivity contribution < 1.29 is 0 Å². The van der Waals surface area contributed by atoms with E-state index in [1.165, 1.54) is 5.56 Å². The Labute approximate surface area is 123 Å². The van der Waals surface area contributed by atoms with E-state index in [0.29, 0.717) is 17.9 Å². The lowest BCUT2D eigenvalue weighted by atomic mass is 10.0. The Morgan fingerprint density at radius 2 is 2.05 bits per heavy atom. The molecule has 0 radical (unpaired) electrons. The molecule has 0 aliphatic rings. The van der Waals surface area contributed by atoms with Crippen molar-refractivity contribution in [2.75, 3.05) is 26.0 Å². The number of rotatable bonds is 6. The molecule has 0 heterocycles. The van der Waals surface area contributed by atoms with E-state index < -0.39 is 0 Å². The van der Waals surface area contributed by atoms with Crippen LogP contribution >= 0.6 is 0 Å². The van der Waals surface area contributed by atoms with E-state index in [1.807, 2.05) is 12.1 Å². The molecule has 3 N–H and O–H groups in total. The molecule has 1 atom stereocenters. The highest BCUT2D eigenvalue weighted by Crippen LogP contribution is 2.11. The lowest BCUT2D eigenvalue weighted by molar-refractivity contribution is 0.261. The predicted molar refractivity (Wildman–Crippen MR) is 88.2 cm³/mol. The van der Waals surface area contributed by atoms with Gasteiger partial charge < -0.3 is 16.0 Å². The van der Waals surface area contributed by atoms with E-state index in [9.17, 15) is 0 Å². The first-order valence-electron chi connectivity index (χ1n) is 7.18. The second-order valence-corrected chi connectivity index (χ2v) is 5.97.